The first-order valence-corrected chi connectivity index (χ1v) is 8.03. The van der Waals surface area contributed by atoms with Crippen LogP contribution in [0.15, 0.2) is 18.2 Å². The average molecular weight is 292 g/mol. The Hall–Kier alpha value is -0.970. The van der Waals surface area contributed by atoms with Gasteiger partial charge in [0, 0.05) is 32.3 Å². The molecular weight excluding hydrogens is 267 g/mol. The second-order valence-electron chi connectivity index (χ2n) is 6.14. The number of hydrogen-bond donors (Lipinski definition) is 1. The molecule has 0 spiro atoms. The molecule has 2 aliphatic rings. The smallest absolute Gasteiger partial charge is 0.126 e. The monoisotopic (exact) mass is 292 g/mol. The van der Waals surface area contributed by atoms with Gasteiger partial charge in [-0.15, -0.1) is 0 Å². The number of benzene rings is 1. The number of hydrogen-bond acceptors (Lipinski definition) is 3. The molecule has 3 nitrogen and oxygen atoms in total. The summed E-state index contributed by atoms with van der Waals surface area (Å²) in [5.41, 5.74) is 2.10. The summed E-state index contributed by atoms with van der Waals surface area (Å²) in [6.45, 7) is 3.80. The van der Waals surface area contributed by atoms with Crippen molar-refractivity contribution in [1.29, 1.82) is 0 Å². The maximum absolute atomic E-state index is 13.9. The quantitative estimate of drug-likeness (QED) is 0.872. The van der Waals surface area contributed by atoms with Crippen molar-refractivity contribution in [1.82, 2.24) is 10.2 Å². The van der Waals surface area contributed by atoms with Crippen LogP contribution in [0.2, 0.25) is 0 Å². The molecule has 1 heterocycles. The fraction of sp³-hybridized carbons (Fsp3) is 0.647. The van der Waals surface area contributed by atoms with Gasteiger partial charge in [-0.05, 0) is 49.4 Å². The molecule has 21 heavy (non-hydrogen) atoms. The van der Waals surface area contributed by atoms with E-state index in [1.54, 1.807) is 13.2 Å². The lowest BCUT2D eigenvalue weighted by molar-refractivity contribution is 0.112. The summed E-state index contributed by atoms with van der Waals surface area (Å²) < 4.78 is 19.2. The van der Waals surface area contributed by atoms with Gasteiger partial charge in [0.15, 0.2) is 0 Å². The van der Waals surface area contributed by atoms with Crippen molar-refractivity contribution in [2.75, 3.05) is 33.4 Å². The Balaban J connectivity index is 1.75. The van der Waals surface area contributed by atoms with Gasteiger partial charge in [-0.2, -0.15) is 0 Å². The molecule has 1 fully saturated rings. The predicted molar refractivity (Wildman–Crippen MR) is 81.9 cm³/mol. The number of fused-ring (bicyclic) bond motifs is 1. The number of halogens is 1. The molecule has 116 valence electrons. The van der Waals surface area contributed by atoms with Crippen LogP contribution in [-0.4, -0.2) is 44.3 Å². The Bertz CT molecular complexity index is 474. The largest absolute Gasteiger partial charge is 0.383 e. The Morgan fingerprint density at radius 3 is 3.05 bits per heavy atom. The van der Waals surface area contributed by atoms with Gasteiger partial charge >= 0.3 is 0 Å². The van der Waals surface area contributed by atoms with Crippen molar-refractivity contribution in [2.24, 2.45) is 0 Å². The number of methoxy groups -OCH3 is 1. The summed E-state index contributed by atoms with van der Waals surface area (Å²) in [6, 6.07) is 6.43. The van der Waals surface area contributed by atoms with Crippen LogP contribution in [0.4, 0.5) is 4.39 Å². The Labute approximate surface area is 126 Å². The van der Waals surface area contributed by atoms with Crippen LogP contribution in [-0.2, 0) is 11.2 Å². The molecule has 0 radical (unpaired) electrons. The first kappa shape index (κ1) is 14.9. The fourth-order valence-corrected chi connectivity index (χ4v) is 3.75. The van der Waals surface area contributed by atoms with Crippen LogP contribution in [0.5, 0.6) is 0 Å². The Morgan fingerprint density at radius 1 is 1.38 bits per heavy atom. The van der Waals surface area contributed by atoms with Gasteiger partial charge in [0.05, 0.1) is 6.61 Å². The summed E-state index contributed by atoms with van der Waals surface area (Å²) in [4.78, 5) is 2.48. The topological polar surface area (TPSA) is 24.5 Å². The van der Waals surface area contributed by atoms with Crippen LogP contribution in [0.25, 0.3) is 0 Å². The third kappa shape index (κ3) is 3.28. The molecule has 1 aliphatic heterocycles. The number of nitrogens with one attached hydrogen (secondary N) is 1. The van der Waals surface area contributed by atoms with Crippen LogP contribution in [0.3, 0.4) is 0 Å². The molecule has 1 aliphatic carbocycles. The van der Waals surface area contributed by atoms with Gasteiger partial charge < -0.3 is 10.1 Å². The highest BCUT2D eigenvalue weighted by atomic mass is 19.1. The average Bonchev–Trinajstić information content (AvgIpc) is 3.13. The molecular formula is C17H25FN2O. The molecule has 4 heteroatoms. The molecule has 1 aromatic rings. The van der Waals surface area contributed by atoms with Crippen LogP contribution in [0.1, 0.15) is 36.4 Å². The summed E-state index contributed by atoms with van der Waals surface area (Å²) >= 11 is 0. The molecule has 1 saturated heterocycles. The van der Waals surface area contributed by atoms with E-state index < -0.39 is 0 Å². The van der Waals surface area contributed by atoms with Crippen LogP contribution >= 0.6 is 0 Å². The van der Waals surface area contributed by atoms with Crippen LogP contribution < -0.4 is 5.32 Å². The van der Waals surface area contributed by atoms with E-state index in [9.17, 15) is 4.39 Å². The minimum Gasteiger partial charge on any atom is -0.383 e. The molecule has 1 aromatic carbocycles. The lowest BCUT2D eigenvalue weighted by atomic mass is 10.1. The van der Waals surface area contributed by atoms with Gasteiger partial charge in [-0.3, -0.25) is 4.90 Å². The second kappa shape index (κ2) is 6.86. The molecule has 2 atom stereocenters. The summed E-state index contributed by atoms with van der Waals surface area (Å²) in [5, 5.41) is 3.57. The lowest BCUT2D eigenvalue weighted by Gasteiger charge is -2.31. The molecule has 0 amide bonds. The van der Waals surface area contributed by atoms with E-state index in [2.05, 4.69) is 16.3 Å². The summed E-state index contributed by atoms with van der Waals surface area (Å²) in [7, 11) is 1.74. The third-order valence-corrected chi connectivity index (χ3v) is 4.82. The van der Waals surface area contributed by atoms with Crippen molar-refractivity contribution >= 4 is 0 Å². The predicted octanol–water partition coefficient (Wildman–Crippen LogP) is 2.51. The first-order valence-electron chi connectivity index (χ1n) is 8.03. The summed E-state index contributed by atoms with van der Waals surface area (Å²) in [6.07, 6.45) is 4.38. The van der Waals surface area contributed by atoms with Gasteiger partial charge in [0.1, 0.15) is 5.82 Å². The van der Waals surface area contributed by atoms with Gasteiger partial charge in [0.2, 0.25) is 0 Å². The minimum atomic E-state index is -0.0410. The zero-order valence-electron chi connectivity index (χ0n) is 12.8. The lowest BCUT2D eigenvalue weighted by Crippen LogP contribution is -2.40. The summed E-state index contributed by atoms with van der Waals surface area (Å²) in [5.74, 6) is -0.0410. The highest BCUT2D eigenvalue weighted by molar-refractivity contribution is 5.35. The van der Waals surface area contributed by atoms with Gasteiger partial charge in [-0.25, -0.2) is 4.39 Å². The highest BCUT2D eigenvalue weighted by Gasteiger charge is 2.31. The number of rotatable bonds is 6. The molecule has 1 N–H and O–H groups in total. The maximum Gasteiger partial charge on any atom is 0.126 e. The molecule has 0 saturated carbocycles. The van der Waals surface area contributed by atoms with Crippen molar-refractivity contribution in [2.45, 2.75) is 37.8 Å². The Kier molecular flexibility index (Phi) is 4.88. The van der Waals surface area contributed by atoms with E-state index in [4.69, 9.17) is 4.74 Å². The highest BCUT2D eigenvalue weighted by Crippen LogP contribution is 2.37. The SMILES string of the molecule is COCCN(CC1CCCN1)C1CCc2c(F)cccc21. The van der Waals surface area contributed by atoms with Crippen molar-refractivity contribution in [3.8, 4) is 0 Å². The fourth-order valence-electron chi connectivity index (χ4n) is 3.75. The number of ether oxygens (including phenoxy) is 1. The van der Waals surface area contributed by atoms with Gasteiger partial charge in [-0.1, -0.05) is 12.1 Å². The molecule has 3 rings (SSSR count). The first-order chi connectivity index (χ1) is 10.3. The van der Waals surface area contributed by atoms with Crippen LogP contribution in [0, 0.1) is 5.82 Å². The molecule has 2 unspecified atom stereocenters. The zero-order chi connectivity index (χ0) is 14.7. The van der Waals surface area contributed by atoms with Crippen molar-refractivity contribution < 1.29 is 9.13 Å². The van der Waals surface area contributed by atoms with E-state index in [0.29, 0.717) is 12.1 Å². The Morgan fingerprint density at radius 2 is 2.29 bits per heavy atom. The van der Waals surface area contributed by atoms with E-state index in [1.165, 1.54) is 18.4 Å². The normalized spacial score (nSPS) is 24.7. The zero-order valence-corrected chi connectivity index (χ0v) is 12.8. The van der Waals surface area contributed by atoms with Crippen molar-refractivity contribution in [3.63, 3.8) is 0 Å². The molecule has 0 aromatic heterocycles. The second-order valence-corrected chi connectivity index (χ2v) is 6.14. The van der Waals surface area contributed by atoms with Gasteiger partial charge in [0.25, 0.3) is 0 Å². The molecule has 0 bridgehead atoms. The van der Waals surface area contributed by atoms with E-state index in [1.807, 2.05) is 6.07 Å². The van der Waals surface area contributed by atoms with E-state index in [-0.39, 0.29) is 5.82 Å². The maximum atomic E-state index is 13.9. The third-order valence-electron chi connectivity index (χ3n) is 4.82. The van der Waals surface area contributed by atoms with E-state index in [0.717, 1.165) is 44.6 Å². The van der Waals surface area contributed by atoms with E-state index >= 15 is 0 Å². The standard InChI is InChI=1S/C17H25FN2O/c1-21-11-10-20(12-13-4-3-9-19-13)17-8-7-14-15(17)5-2-6-16(14)18/h2,5-6,13,17,19H,3-4,7-12H2,1H3. The minimum absolute atomic E-state index is 0.0410. The van der Waals surface area contributed by atoms with Crippen molar-refractivity contribution in [3.05, 3.63) is 35.1 Å². The number of nitrogens with zero attached hydrogens (tertiary/aromatic N) is 1.